The average molecular weight is 271 g/mol. The zero-order valence-corrected chi connectivity index (χ0v) is 10.6. The van der Waals surface area contributed by atoms with Crippen LogP contribution in [-0.2, 0) is 0 Å². The zero-order chi connectivity index (χ0) is 13.4. The molecule has 0 spiro atoms. The Labute approximate surface area is 112 Å². The number of hydrogen-bond acceptors (Lipinski definition) is 5. The lowest BCUT2D eigenvalue weighted by atomic mass is 10.2. The van der Waals surface area contributed by atoms with E-state index in [9.17, 15) is 10.1 Å². The second kappa shape index (κ2) is 4.33. The Balaban J connectivity index is 2.11. The van der Waals surface area contributed by atoms with Crippen LogP contribution >= 0.6 is 11.3 Å². The number of nitro groups is 1. The van der Waals surface area contributed by atoms with Crippen LogP contribution in [0.5, 0.6) is 0 Å². The summed E-state index contributed by atoms with van der Waals surface area (Å²) in [6.45, 7) is 0. The Kier molecular flexibility index (Phi) is 2.64. The van der Waals surface area contributed by atoms with Crippen LogP contribution in [0.3, 0.4) is 0 Å². The van der Waals surface area contributed by atoms with Crippen LogP contribution < -0.4 is 5.73 Å². The Morgan fingerprint density at radius 3 is 2.58 bits per heavy atom. The van der Waals surface area contributed by atoms with Crippen LogP contribution in [0.25, 0.3) is 20.8 Å². The molecule has 1 heterocycles. The third-order valence-electron chi connectivity index (χ3n) is 2.74. The van der Waals surface area contributed by atoms with Crippen molar-refractivity contribution in [2.75, 3.05) is 5.73 Å². The molecule has 0 aliphatic heterocycles. The normalized spacial score (nSPS) is 10.7. The Hall–Kier alpha value is -2.47. The van der Waals surface area contributed by atoms with E-state index in [-0.39, 0.29) is 5.69 Å². The van der Waals surface area contributed by atoms with Crippen molar-refractivity contribution in [2.24, 2.45) is 0 Å². The quantitative estimate of drug-likeness (QED) is 0.439. The van der Waals surface area contributed by atoms with Gasteiger partial charge in [0, 0.05) is 23.4 Å². The highest BCUT2D eigenvalue weighted by molar-refractivity contribution is 7.21. The number of nitrogens with two attached hydrogens (primary N) is 1. The molecule has 3 aromatic rings. The number of aromatic nitrogens is 1. The largest absolute Gasteiger partial charge is 0.399 e. The summed E-state index contributed by atoms with van der Waals surface area (Å²) in [5.74, 6) is 0. The number of thiazole rings is 1. The van der Waals surface area contributed by atoms with E-state index in [4.69, 9.17) is 5.73 Å². The van der Waals surface area contributed by atoms with Gasteiger partial charge in [-0.1, -0.05) is 0 Å². The van der Waals surface area contributed by atoms with E-state index in [1.807, 2.05) is 24.3 Å². The number of nitrogen functional groups attached to an aromatic ring is 1. The monoisotopic (exact) mass is 271 g/mol. The highest BCUT2D eigenvalue weighted by Gasteiger charge is 2.11. The van der Waals surface area contributed by atoms with Crippen molar-refractivity contribution in [3.05, 3.63) is 52.6 Å². The third kappa shape index (κ3) is 2.13. The van der Waals surface area contributed by atoms with Crippen LogP contribution in [0.1, 0.15) is 0 Å². The van der Waals surface area contributed by atoms with E-state index in [0.29, 0.717) is 5.69 Å². The van der Waals surface area contributed by atoms with Gasteiger partial charge < -0.3 is 5.73 Å². The van der Waals surface area contributed by atoms with Gasteiger partial charge in [-0.2, -0.15) is 0 Å². The standard InChI is InChI=1S/C13H9N3O2S/c14-9-3-1-8(2-4-9)13-15-11-6-5-10(16(17)18)7-12(11)19-13/h1-7H,14H2. The van der Waals surface area contributed by atoms with Crippen molar-refractivity contribution >= 4 is 32.9 Å². The van der Waals surface area contributed by atoms with Crippen molar-refractivity contribution in [1.29, 1.82) is 0 Å². The lowest BCUT2D eigenvalue weighted by molar-refractivity contribution is -0.384. The molecule has 1 aromatic heterocycles. The van der Waals surface area contributed by atoms with Crippen LogP contribution in [0.4, 0.5) is 11.4 Å². The van der Waals surface area contributed by atoms with Crippen LogP contribution in [0, 0.1) is 10.1 Å². The molecule has 0 bridgehead atoms. The van der Waals surface area contributed by atoms with Gasteiger partial charge in [-0.15, -0.1) is 11.3 Å². The lowest BCUT2D eigenvalue weighted by Crippen LogP contribution is -1.85. The molecule has 94 valence electrons. The first-order valence-corrected chi connectivity index (χ1v) is 6.36. The second-order valence-corrected chi connectivity index (χ2v) is 5.08. The van der Waals surface area contributed by atoms with Gasteiger partial charge in [0.1, 0.15) is 5.01 Å². The van der Waals surface area contributed by atoms with E-state index in [1.54, 1.807) is 12.1 Å². The number of nitro benzene ring substituents is 1. The molecule has 0 unspecified atom stereocenters. The zero-order valence-electron chi connectivity index (χ0n) is 9.74. The summed E-state index contributed by atoms with van der Waals surface area (Å²) < 4.78 is 0.807. The fourth-order valence-corrected chi connectivity index (χ4v) is 2.78. The molecule has 5 nitrogen and oxygen atoms in total. The van der Waals surface area contributed by atoms with E-state index < -0.39 is 4.92 Å². The molecular formula is C13H9N3O2S. The van der Waals surface area contributed by atoms with Gasteiger partial charge in [-0.25, -0.2) is 4.98 Å². The van der Waals surface area contributed by atoms with Crippen molar-refractivity contribution in [2.45, 2.75) is 0 Å². The average Bonchev–Trinajstić information content (AvgIpc) is 2.82. The number of hydrogen-bond donors (Lipinski definition) is 1. The maximum absolute atomic E-state index is 10.7. The van der Waals surface area contributed by atoms with Gasteiger partial charge in [0.2, 0.25) is 0 Å². The smallest absolute Gasteiger partial charge is 0.270 e. The number of rotatable bonds is 2. The molecule has 0 radical (unpaired) electrons. The topological polar surface area (TPSA) is 82.0 Å². The molecule has 19 heavy (non-hydrogen) atoms. The molecule has 0 aliphatic carbocycles. The molecule has 0 aliphatic rings. The molecule has 0 atom stereocenters. The molecule has 0 amide bonds. The van der Waals surface area contributed by atoms with Crippen molar-refractivity contribution in [3.63, 3.8) is 0 Å². The number of non-ortho nitro benzene ring substituents is 1. The fourth-order valence-electron chi connectivity index (χ4n) is 1.78. The fraction of sp³-hybridized carbons (Fsp3) is 0. The maximum atomic E-state index is 10.7. The highest BCUT2D eigenvalue weighted by Crippen LogP contribution is 2.32. The van der Waals surface area contributed by atoms with Gasteiger partial charge in [0.25, 0.3) is 5.69 Å². The molecule has 2 N–H and O–H groups in total. The Morgan fingerprint density at radius 1 is 1.16 bits per heavy atom. The van der Waals surface area contributed by atoms with E-state index in [0.717, 1.165) is 20.8 Å². The van der Waals surface area contributed by atoms with Crippen molar-refractivity contribution in [3.8, 4) is 10.6 Å². The first-order chi connectivity index (χ1) is 9.13. The first-order valence-electron chi connectivity index (χ1n) is 5.54. The molecule has 0 fully saturated rings. The van der Waals surface area contributed by atoms with Gasteiger partial charge in [0.15, 0.2) is 0 Å². The number of anilines is 1. The minimum atomic E-state index is -0.401. The van der Waals surface area contributed by atoms with E-state index >= 15 is 0 Å². The summed E-state index contributed by atoms with van der Waals surface area (Å²) in [5.41, 5.74) is 8.14. The van der Waals surface area contributed by atoms with Gasteiger partial charge >= 0.3 is 0 Å². The summed E-state index contributed by atoms with van der Waals surface area (Å²) in [5, 5.41) is 11.6. The van der Waals surface area contributed by atoms with Crippen molar-refractivity contribution in [1.82, 2.24) is 4.98 Å². The van der Waals surface area contributed by atoms with Gasteiger partial charge in [-0.3, -0.25) is 10.1 Å². The molecule has 0 saturated carbocycles. The summed E-state index contributed by atoms with van der Waals surface area (Å²) in [4.78, 5) is 14.8. The Morgan fingerprint density at radius 2 is 1.89 bits per heavy atom. The van der Waals surface area contributed by atoms with Gasteiger partial charge in [-0.05, 0) is 30.3 Å². The molecule has 6 heteroatoms. The second-order valence-electron chi connectivity index (χ2n) is 4.05. The molecule has 0 saturated heterocycles. The van der Waals surface area contributed by atoms with Crippen molar-refractivity contribution < 1.29 is 4.92 Å². The number of fused-ring (bicyclic) bond motifs is 1. The van der Waals surface area contributed by atoms with Crippen LogP contribution in [-0.4, -0.2) is 9.91 Å². The van der Waals surface area contributed by atoms with Crippen LogP contribution in [0.15, 0.2) is 42.5 Å². The SMILES string of the molecule is Nc1ccc(-c2nc3ccc([N+](=O)[O-])cc3s2)cc1. The summed E-state index contributed by atoms with van der Waals surface area (Å²) in [6.07, 6.45) is 0. The predicted molar refractivity (Wildman–Crippen MR) is 76.1 cm³/mol. The lowest BCUT2D eigenvalue weighted by Gasteiger charge is -1.95. The highest BCUT2D eigenvalue weighted by atomic mass is 32.1. The minimum absolute atomic E-state index is 0.0833. The Bertz CT molecular complexity index is 765. The summed E-state index contributed by atoms with van der Waals surface area (Å²) in [7, 11) is 0. The summed E-state index contributed by atoms with van der Waals surface area (Å²) in [6, 6.07) is 12.1. The molecule has 3 rings (SSSR count). The minimum Gasteiger partial charge on any atom is -0.399 e. The third-order valence-corrected chi connectivity index (χ3v) is 3.81. The van der Waals surface area contributed by atoms with E-state index in [1.165, 1.54) is 17.4 Å². The first kappa shape index (κ1) is 11.6. The molecular weight excluding hydrogens is 262 g/mol. The maximum Gasteiger partial charge on any atom is 0.270 e. The number of nitrogens with zero attached hydrogens (tertiary/aromatic N) is 2. The molecule has 2 aromatic carbocycles. The van der Waals surface area contributed by atoms with Crippen LogP contribution in [0.2, 0.25) is 0 Å². The number of benzene rings is 2. The van der Waals surface area contributed by atoms with E-state index in [2.05, 4.69) is 4.98 Å². The van der Waals surface area contributed by atoms with Gasteiger partial charge in [0.05, 0.1) is 15.1 Å². The predicted octanol–water partition coefficient (Wildman–Crippen LogP) is 3.45. The summed E-state index contributed by atoms with van der Waals surface area (Å²) >= 11 is 1.43.